The van der Waals surface area contributed by atoms with Crippen LogP contribution < -0.4 is 4.74 Å². The van der Waals surface area contributed by atoms with Crippen LogP contribution in [0.5, 0.6) is 5.75 Å². The molecule has 2 rings (SSSR count). The molecule has 2 aromatic rings. The summed E-state index contributed by atoms with van der Waals surface area (Å²) >= 11 is 16.3. The predicted molar refractivity (Wildman–Crippen MR) is 90.3 cm³/mol. The van der Waals surface area contributed by atoms with Gasteiger partial charge in [0.1, 0.15) is 12.4 Å². The lowest BCUT2D eigenvalue weighted by Gasteiger charge is -2.11. The number of benzene rings is 2. The minimum atomic E-state index is 0.502. The summed E-state index contributed by atoms with van der Waals surface area (Å²) in [7, 11) is 0. The van der Waals surface area contributed by atoms with E-state index in [0.717, 1.165) is 30.6 Å². The second-order valence-corrected chi connectivity index (χ2v) is 6.64. The summed E-state index contributed by atoms with van der Waals surface area (Å²) in [6.07, 6.45) is 0. The topological polar surface area (TPSA) is 9.23 Å². The van der Waals surface area contributed by atoms with Gasteiger partial charge in [-0.25, -0.2) is 0 Å². The zero-order valence-corrected chi connectivity index (χ0v) is 15.3. The first-order valence-corrected chi connectivity index (χ1v) is 8.60. The van der Waals surface area contributed by atoms with Gasteiger partial charge in [0.15, 0.2) is 0 Å². The molecule has 0 amide bonds. The number of ether oxygens (including phenoxy) is 1. The smallest absolute Gasteiger partial charge is 0.148 e. The van der Waals surface area contributed by atoms with Crippen LogP contribution in [0, 0.1) is 0 Å². The van der Waals surface area contributed by atoms with Crippen molar-refractivity contribution in [3.8, 4) is 5.75 Å². The van der Waals surface area contributed by atoms with Gasteiger partial charge in [-0.3, -0.25) is 0 Å². The van der Waals surface area contributed by atoms with E-state index in [0.29, 0.717) is 6.61 Å². The number of halogens is 4. The van der Waals surface area contributed by atoms with Crippen molar-refractivity contribution in [3.05, 3.63) is 61.5 Å². The van der Waals surface area contributed by atoms with Gasteiger partial charge in [0, 0.05) is 10.4 Å². The van der Waals surface area contributed by atoms with Crippen molar-refractivity contribution in [1.29, 1.82) is 0 Å². The van der Waals surface area contributed by atoms with Gasteiger partial charge < -0.3 is 4.74 Å². The maximum Gasteiger partial charge on any atom is 0.148 e. The Morgan fingerprint density at radius 1 is 0.947 bits per heavy atom. The molecule has 0 atom stereocenters. The predicted octanol–water partition coefficient (Wildman–Crippen LogP) is 6.34. The van der Waals surface area contributed by atoms with Crippen LogP contribution in [0.2, 0.25) is 5.02 Å². The van der Waals surface area contributed by atoms with E-state index in [1.165, 1.54) is 5.56 Å². The van der Waals surface area contributed by atoms with Crippen LogP contribution in [0.1, 0.15) is 11.1 Å². The van der Waals surface area contributed by atoms with Gasteiger partial charge in [-0.1, -0.05) is 39.7 Å². The third kappa shape index (κ3) is 4.22. The first kappa shape index (κ1) is 15.4. The fourth-order valence-electron chi connectivity index (χ4n) is 1.56. The third-order valence-corrected chi connectivity index (χ3v) is 4.59. The van der Waals surface area contributed by atoms with E-state index in [9.17, 15) is 0 Å². The quantitative estimate of drug-likeness (QED) is 0.475. The van der Waals surface area contributed by atoms with Crippen molar-refractivity contribution in [2.75, 3.05) is 0 Å². The van der Waals surface area contributed by atoms with E-state index < -0.39 is 0 Å². The van der Waals surface area contributed by atoms with Gasteiger partial charge in [0.2, 0.25) is 0 Å². The van der Waals surface area contributed by atoms with E-state index >= 15 is 0 Å². The highest BCUT2D eigenvalue weighted by molar-refractivity contribution is 9.11. The first-order valence-electron chi connectivity index (χ1n) is 5.51. The molecule has 100 valence electrons. The van der Waals surface area contributed by atoms with Crippen LogP contribution in [-0.4, -0.2) is 0 Å². The van der Waals surface area contributed by atoms with E-state index in [1.54, 1.807) is 0 Å². The lowest BCUT2D eigenvalue weighted by atomic mass is 10.2. The van der Waals surface area contributed by atoms with Gasteiger partial charge >= 0.3 is 0 Å². The third-order valence-electron chi connectivity index (χ3n) is 2.51. The average Bonchev–Trinajstić information content (AvgIpc) is 2.39. The molecular formula is C14H10Br3ClO. The molecule has 19 heavy (non-hydrogen) atoms. The molecule has 0 saturated heterocycles. The fraction of sp³-hybridized carbons (Fsp3) is 0.143. The largest absolute Gasteiger partial charge is 0.487 e. The summed E-state index contributed by atoms with van der Waals surface area (Å²) in [5.74, 6) is 0.805. The van der Waals surface area contributed by atoms with E-state index in [1.807, 2.05) is 36.4 Å². The van der Waals surface area contributed by atoms with E-state index in [2.05, 4.69) is 47.8 Å². The van der Waals surface area contributed by atoms with Crippen LogP contribution in [0.15, 0.2) is 45.3 Å². The van der Waals surface area contributed by atoms with Crippen molar-refractivity contribution in [3.63, 3.8) is 0 Å². The molecule has 0 bridgehead atoms. The molecule has 0 spiro atoms. The van der Waals surface area contributed by atoms with Crippen molar-refractivity contribution >= 4 is 59.4 Å². The molecule has 0 aliphatic rings. The Bertz CT molecular complexity index is 546. The molecule has 0 aromatic heterocycles. The molecule has 0 aliphatic heterocycles. The van der Waals surface area contributed by atoms with Gasteiger partial charge in [-0.2, -0.15) is 0 Å². The van der Waals surface area contributed by atoms with Gasteiger partial charge in [0.25, 0.3) is 0 Å². The maximum absolute atomic E-state index is 5.85. The molecule has 5 heteroatoms. The second kappa shape index (κ2) is 7.11. The zero-order chi connectivity index (χ0) is 13.8. The Labute approximate surface area is 142 Å². The Hall–Kier alpha value is -0.0300. The van der Waals surface area contributed by atoms with Crippen LogP contribution in [0.3, 0.4) is 0 Å². The van der Waals surface area contributed by atoms with E-state index in [-0.39, 0.29) is 0 Å². The second-order valence-electron chi connectivity index (χ2n) is 3.94. The van der Waals surface area contributed by atoms with Crippen molar-refractivity contribution in [2.24, 2.45) is 0 Å². The van der Waals surface area contributed by atoms with Crippen LogP contribution >= 0.6 is 59.4 Å². The van der Waals surface area contributed by atoms with Crippen molar-refractivity contribution in [2.45, 2.75) is 11.9 Å². The molecule has 0 saturated carbocycles. The minimum absolute atomic E-state index is 0.502. The molecule has 0 unspecified atom stereocenters. The summed E-state index contributed by atoms with van der Waals surface area (Å²) in [5.41, 5.74) is 2.25. The lowest BCUT2D eigenvalue weighted by Crippen LogP contribution is -1.97. The van der Waals surface area contributed by atoms with Crippen molar-refractivity contribution < 1.29 is 4.74 Å². The minimum Gasteiger partial charge on any atom is -0.487 e. The Kier molecular flexibility index (Phi) is 5.75. The van der Waals surface area contributed by atoms with Gasteiger partial charge in [0.05, 0.1) is 8.95 Å². The lowest BCUT2D eigenvalue weighted by molar-refractivity contribution is 0.302. The molecule has 0 fully saturated rings. The normalized spacial score (nSPS) is 10.5. The fourth-order valence-corrected chi connectivity index (χ4v) is 3.52. The Morgan fingerprint density at radius 2 is 1.53 bits per heavy atom. The highest BCUT2D eigenvalue weighted by Crippen LogP contribution is 2.35. The molecular weight excluding hydrogens is 459 g/mol. The summed E-state index contributed by atoms with van der Waals surface area (Å²) in [4.78, 5) is 0. The molecule has 0 radical (unpaired) electrons. The zero-order valence-electron chi connectivity index (χ0n) is 9.80. The molecule has 0 aliphatic carbocycles. The number of hydrogen-bond donors (Lipinski definition) is 0. The van der Waals surface area contributed by atoms with Crippen molar-refractivity contribution in [1.82, 2.24) is 0 Å². The number of hydrogen-bond acceptors (Lipinski definition) is 1. The monoisotopic (exact) mass is 466 g/mol. The summed E-state index contributed by atoms with van der Waals surface area (Å²) in [6, 6.07) is 11.7. The van der Waals surface area contributed by atoms with E-state index in [4.69, 9.17) is 16.3 Å². The summed E-state index contributed by atoms with van der Waals surface area (Å²) < 4.78 is 7.71. The highest BCUT2D eigenvalue weighted by atomic mass is 79.9. The first-order chi connectivity index (χ1) is 9.10. The molecule has 0 N–H and O–H groups in total. The average molecular weight is 469 g/mol. The van der Waals surface area contributed by atoms with Crippen LogP contribution in [0.25, 0.3) is 0 Å². The molecule has 2 aromatic carbocycles. The molecule has 1 nitrogen and oxygen atoms in total. The maximum atomic E-state index is 5.85. The van der Waals surface area contributed by atoms with Gasteiger partial charge in [-0.05, 0) is 67.3 Å². The molecule has 0 heterocycles. The standard InChI is InChI=1S/C14H10Br3ClO/c15-7-10-5-12(16)14(13(17)6-10)19-8-9-1-3-11(18)4-2-9/h1-6H,7-8H2. The SMILES string of the molecule is Clc1ccc(COc2c(Br)cc(CBr)cc2Br)cc1. The number of rotatable bonds is 4. The van der Waals surface area contributed by atoms with Crippen LogP contribution in [-0.2, 0) is 11.9 Å². The summed E-state index contributed by atoms with van der Waals surface area (Å²) in [5, 5.41) is 1.54. The Morgan fingerprint density at radius 3 is 2.05 bits per heavy atom. The van der Waals surface area contributed by atoms with Crippen LogP contribution in [0.4, 0.5) is 0 Å². The highest BCUT2D eigenvalue weighted by Gasteiger charge is 2.09. The number of alkyl halides is 1. The Balaban J connectivity index is 2.13. The van der Waals surface area contributed by atoms with Gasteiger partial charge in [-0.15, -0.1) is 0 Å². The summed E-state index contributed by atoms with van der Waals surface area (Å²) in [6.45, 7) is 0.502.